The van der Waals surface area contributed by atoms with E-state index >= 15 is 0 Å². The molecule has 0 saturated carbocycles. The first-order valence-corrected chi connectivity index (χ1v) is 9.07. The summed E-state index contributed by atoms with van der Waals surface area (Å²) in [5.41, 5.74) is 6.41. The monoisotopic (exact) mass is 360 g/mol. The number of nitrogens with zero attached hydrogens (tertiary/aromatic N) is 6. The van der Waals surface area contributed by atoms with E-state index in [2.05, 4.69) is 62.9 Å². The fraction of sp³-hybridized carbons (Fsp3) is 0.286. The van der Waals surface area contributed by atoms with Crippen LogP contribution in [-0.4, -0.2) is 43.1 Å². The van der Waals surface area contributed by atoms with Gasteiger partial charge in [-0.05, 0) is 45.1 Å². The minimum Gasteiger partial charge on any atom is -0.326 e. The zero-order chi connectivity index (χ0) is 19.0. The number of hydrogen-bond donors (Lipinski definition) is 0. The second-order valence-corrected chi connectivity index (χ2v) is 7.27. The molecule has 0 unspecified atom stereocenters. The Morgan fingerprint density at radius 2 is 1.78 bits per heavy atom. The van der Waals surface area contributed by atoms with Crippen LogP contribution in [0.4, 0.5) is 0 Å². The SMILES string of the molecule is Cc1cc(C)n2ncc(-c3nccn3Cc3ccc(CN(C)C)cc3)c2n1. The molecule has 0 bridgehead atoms. The topological polar surface area (TPSA) is 51.3 Å². The summed E-state index contributed by atoms with van der Waals surface area (Å²) in [6, 6.07) is 10.8. The molecule has 0 saturated heterocycles. The molecule has 4 aromatic rings. The van der Waals surface area contributed by atoms with E-state index in [1.165, 1.54) is 11.1 Å². The van der Waals surface area contributed by atoms with Crippen molar-refractivity contribution >= 4 is 5.65 Å². The largest absolute Gasteiger partial charge is 0.326 e. The number of aromatic nitrogens is 5. The molecule has 0 aliphatic carbocycles. The maximum Gasteiger partial charge on any atom is 0.166 e. The van der Waals surface area contributed by atoms with Crippen LogP contribution in [0.15, 0.2) is 48.9 Å². The zero-order valence-electron chi connectivity index (χ0n) is 16.2. The maximum absolute atomic E-state index is 4.68. The molecule has 0 spiro atoms. The van der Waals surface area contributed by atoms with Gasteiger partial charge in [0, 0.05) is 36.9 Å². The van der Waals surface area contributed by atoms with Crippen molar-refractivity contribution in [2.45, 2.75) is 26.9 Å². The highest BCUT2D eigenvalue weighted by Gasteiger charge is 2.15. The van der Waals surface area contributed by atoms with Crippen molar-refractivity contribution in [3.8, 4) is 11.4 Å². The average molecular weight is 360 g/mol. The van der Waals surface area contributed by atoms with Crippen molar-refractivity contribution in [2.75, 3.05) is 14.1 Å². The van der Waals surface area contributed by atoms with Gasteiger partial charge in [0.2, 0.25) is 0 Å². The average Bonchev–Trinajstić information content (AvgIpc) is 3.22. The molecule has 6 nitrogen and oxygen atoms in total. The Hall–Kier alpha value is -2.99. The summed E-state index contributed by atoms with van der Waals surface area (Å²) in [5, 5.41) is 4.50. The van der Waals surface area contributed by atoms with Crippen LogP contribution in [0.25, 0.3) is 17.0 Å². The van der Waals surface area contributed by atoms with E-state index in [0.717, 1.165) is 41.5 Å². The third kappa shape index (κ3) is 3.48. The molecule has 0 aliphatic rings. The minimum atomic E-state index is 0.764. The first-order valence-electron chi connectivity index (χ1n) is 9.07. The van der Waals surface area contributed by atoms with E-state index in [4.69, 9.17) is 0 Å². The van der Waals surface area contributed by atoms with Gasteiger partial charge in [-0.15, -0.1) is 0 Å². The predicted molar refractivity (Wildman–Crippen MR) is 107 cm³/mol. The Balaban J connectivity index is 1.66. The summed E-state index contributed by atoms with van der Waals surface area (Å²) in [6.45, 7) is 5.76. The Morgan fingerprint density at radius 3 is 2.52 bits per heavy atom. The summed E-state index contributed by atoms with van der Waals surface area (Å²) >= 11 is 0. The molecule has 0 radical (unpaired) electrons. The fourth-order valence-electron chi connectivity index (χ4n) is 3.42. The molecule has 138 valence electrons. The number of rotatable bonds is 5. The maximum atomic E-state index is 4.68. The second-order valence-electron chi connectivity index (χ2n) is 7.27. The highest BCUT2D eigenvalue weighted by molar-refractivity contribution is 5.72. The van der Waals surface area contributed by atoms with Crippen LogP contribution in [0.2, 0.25) is 0 Å². The Morgan fingerprint density at radius 1 is 1.04 bits per heavy atom. The van der Waals surface area contributed by atoms with Gasteiger partial charge in [0.25, 0.3) is 0 Å². The van der Waals surface area contributed by atoms with Crippen LogP contribution in [0, 0.1) is 13.8 Å². The molecule has 0 amide bonds. The molecule has 3 aromatic heterocycles. The highest BCUT2D eigenvalue weighted by atomic mass is 15.3. The lowest BCUT2D eigenvalue weighted by molar-refractivity contribution is 0.402. The van der Waals surface area contributed by atoms with Crippen LogP contribution < -0.4 is 0 Å². The van der Waals surface area contributed by atoms with E-state index in [-0.39, 0.29) is 0 Å². The van der Waals surface area contributed by atoms with E-state index < -0.39 is 0 Å². The van der Waals surface area contributed by atoms with Crippen molar-refractivity contribution in [1.29, 1.82) is 0 Å². The van der Waals surface area contributed by atoms with Crippen molar-refractivity contribution in [3.05, 3.63) is 71.4 Å². The van der Waals surface area contributed by atoms with Gasteiger partial charge in [-0.25, -0.2) is 14.5 Å². The van der Waals surface area contributed by atoms with E-state index in [1.807, 2.05) is 43.0 Å². The Kier molecular flexibility index (Phi) is 4.49. The zero-order valence-corrected chi connectivity index (χ0v) is 16.2. The standard InChI is InChI=1S/C21H24N6/c1-15-11-16(2)27-21(24-15)19(12-23-27)20-22-9-10-26(20)14-18-7-5-17(6-8-18)13-25(3)4/h5-12H,13-14H2,1-4H3. The summed E-state index contributed by atoms with van der Waals surface area (Å²) in [5.74, 6) is 0.889. The van der Waals surface area contributed by atoms with Crippen LogP contribution in [0.3, 0.4) is 0 Å². The number of fused-ring (bicyclic) bond motifs is 1. The molecule has 0 fully saturated rings. The van der Waals surface area contributed by atoms with Crippen LogP contribution in [0.5, 0.6) is 0 Å². The van der Waals surface area contributed by atoms with Gasteiger partial charge >= 0.3 is 0 Å². The van der Waals surface area contributed by atoms with E-state index in [0.29, 0.717) is 0 Å². The molecule has 4 rings (SSSR count). The van der Waals surface area contributed by atoms with Crippen molar-refractivity contribution < 1.29 is 0 Å². The molecule has 6 heteroatoms. The number of benzene rings is 1. The highest BCUT2D eigenvalue weighted by Crippen LogP contribution is 2.24. The van der Waals surface area contributed by atoms with E-state index in [1.54, 1.807) is 0 Å². The molecule has 0 aliphatic heterocycles. The Labute approximate surface area is 159 Å². The third-order valence-corrected chi connectivity index (χ3v) is 4.61. The molecule has 0 N–H and O–H groups in total. The Bertz CT molecular complexity index is 1070. The lowest BCUT2D eigenvalue weighted by Crippen LogP contribution is -2.10. The van der Waals surface area contributed by atoms with Gasteiger partial charge < -0.3 is 9.47 Å². The summed E-state index contributed by atoms with van der Waals surface area (Å²) in [7, 11) is 4.17. The van der Waals surface area contributed by atoms with Crippen molar-refractivity contribution in [2.24, 2.45) is 0 Å². The van der Waals surface area contributed by atoms with Crippen molar-refractivity contribution in [1.82, 2.24) is 29.0 Å². The van der Waals surface area contributed by atoms with Crippen LogP contribution in [-0.2, 0) is 13.1 Å². The lowest BCUT2D eigenvalue weighted by atomic mass is 10.1. The summed E-state index contributed by atoms with van der Waals surface area (Å²) in [6.07, 6.45) is 5.70. The number of imidazole rings is 1. The minimum absolute atomic E-state index is 0.764. The molecular formula is C21H24N6. The smallest absolute Gasteiger partial charge is 0.166 e. The van der Waals surface area contributed by atoms with Gasteiger partial charge in [-0.1, -0.05) is 24.3 Å². The first-order chi connectivity index (χ1) is 13.0. The van der Waals surface area contributed by atoms with Crippen LogP contribution >= 0.6 is 0 Å². The number of hydrogen-bond acceptors (Lipinski definition) is 4. The predicted octanol–water partition coefficient (Wildman–Crippen LogP) is 3.32. The fourth-order valence-corrected chi connectivity index (χ4v) is 3.42. The molecule has 3 heterocycles. The second kappa shape index (κ2) is 6.96. The normalized spacial score (nSPS) is 11.6. The van der Waals surface area contributed by atoms with E-state index in [9.17, 15) is 0 Å². The van der Waals surface area contributed by atoms with Crippen molar-refractivity contribution in [3.63, 3.8) is 0 Å². The molecule has 27 heavy (non-hydrogen) atoms. The van der Waals surface area contributed by atoms with Gasteiger partial charge in [0.1, 0.15) is 5.82 Å². The first kappa shape index (κ1) is 17.4. The molecule has 0 atom stereocenters. The molecule has 1 aromatic carbocycles. The quantitative estimate of drug-likeness (QED) is 0.548. The van der Waals surface area contributed by atoms with Gasteiger partial charge in [0.15, 0.2) is 5.65 Å². The third-order valence-electron chi connectivity index (χ3n) is 4.61. The van der Waals surface area contributed by atoms with Gasteiger partial charge in [-0.3, -0.25) is 0 Å². The van der Waals surface area contributed by atoms with Crippen LogP contribution in [0.1, 0.15) is 22.5 Å². The van der Waals surface area contributed by atoms with Gasteiger partial charge in [-0.2, -0.15) is 5.10 Å². The lowest BCUT2D eigenvalue weighted by Gasteiger charge is -2.11. The summed E-state index contributed by atoms with van der Waals surface area (Å²) < 4.78 is 4.02. The summed E-state index contributed by atoms with van der Waals surface area (Å²) in [4.78, 5) is 11.4. The number of aryl methyl sites for hydroxylation is 2. The van der Waals surface area contributed by atoms with Gasteiger partial charge in [0.05, 0.1) is 11.8 Å². The molecular weight excluding hydrogens is 336 g/mol.